The summed E-state index contributed by atoms with van der Waals surface area (Å²) in [4.78, 5) is 20.4. The molecule has 0 bridgehead atoms. The monoisotopic (exact) mass is 354 g/mol. The standard InChI is InChI=1S/C18H22N6O2/c1-12(2)17-19-18(26-22-17)13-7-9-23(10-8-13)16(25)11-24-20-14-5-3-4-6-15(14)21-24/h3-6,12-13H,7-11H2,1-2H3. The molecule has 0 atom stereocenters. The predicted octanol–water partition coefficient (Wildman–Crippen LogP) is 2.34. The molecule has 1 aliphatic rings. The number of nitrogens with zero attached hydrogens (tertiary/aromatic N) is 6. The van der Waals surface area contributed by atoms with Crippen molar-refractivity contribution in [2.75, 3.05) is 13.1 Å². The van der Waals surface area contributed by atoms with Crippen molar-refractivity contribution in [2.24, 2.45) is 0 Å². The molecule has 1 fully saturated rings. The fourth-order valence-electron chi connectivity index (χ4n) is 3.22. The second-order valence-electron chi connectivity index (χ2n) is 7.02. The topological polar surface area (TPSA) is 89.9 Å². The average molecular weight is 354 g/mol. The highest BCUT2D eigenvalue weighted by molar-refractivity contribution is 5.77. The van der Waals surface area contributed by atoms with Crippen molar-refractivity contribution in [3.63, 3.8) is 0 Å². The molecule has 0 N–H and O–H groups in total. The molecule has 136 valence electrons. The van der Waals surface area contributed by atoms with Gasteiger partial charge in [-0.05, 0) is 25.0 Å². The highest BCUT2D eigenvalue weighted by Crippen LogP contribution is 2.27. The molecule has 3 aromatic rings. The van der Waals surface area contributed by atoms with E-state index in [9.17, 15) is 4.79 Å². The third-order valence-corrected chi connectivity index (χ3v) is 4.78. The summed E-state index contributed by atoms with van der Waals surface area (Å²) in [5.74, 6) is 1.96. The SMILES string of the molecule is CC(C)c1noc(C2CCN(C(=O)Cn3nc4ccccc4n3)CC2)n1. The highest BCUT2D eigenvalue weighted by atomic mass is 16.5. The number of carbonyl (C=O) groups excluding carboxylic acids is 1. The number of carbonyl (C=O) groups is 1. The van der Waals surface area contributed by atoms with Crippen molar-refractivity contribution >= 4 is 16.9 Å². The van der Waals surface area contributed by atoms with Crippen LogP contribution in [0.4, 0.5) is 0 Å². The van der Waals surface area contributed by atoms with Crippen LogP contribution in [0.5, 0.6) is 0 Å². The zero-order chi connectivity index (χ0) is 18.1. The van der Waals surface area contributed by atoms with Crippen LogP contribution < -0.4 is 0 Å². The summed E-state index contributed by atoms with van der Waals surface area (Å²) in [5, 5.41) is 12.7. The number of rotatable bonds is 4. The molecule has 0 radical (unpaired) electrons. The Hall–Kier alpha value is -2.77. The van der Waals surface area contributed by atoms with Gasteiger partial charge in [0.25, 0.3) is 0 Å². The quantitative estimate of drug-likeness (QED) is 0.714. The molecule has 1 aliphatic heterocycles. The van der Waals surface area contributed by atoms with Crippen molar-refractivity contribution < 1.29 is 9.32 Å². The molecular formula is C18H22N6O2. The summed E-state index contributed by atoms with van der Waals surface area (Å²) in [6, 6.07) is 7.61. The maximum Gasteiger partial charge on any atom is 0.246 e. The molecule has 0 saturated carbocycles. The highest BCUT2D eigenvalue weighted by Gasteiger charge is 2.28. The Labute approximate surface area is 151 Å². The van der Waals surface area contributed by atoms with Gasteiger partial charge in [0, 0.05) is 24.9 Å². The lowest BCUT2D eigenvalue weighted by Crippen LogP contribution is -2.40. The number of benzene rings is 1. The first kappa shape index (κ1) is 16.7. The van der Waals surface area contributed by atoms with E-state index in [4.69, 9.17) is 4.52 Å². The molecule has 2 aromatic heterocycles. The number of hydrogen-bond donors (Lipinski definition) is 0. The minimum atomic E-state index is 0.0390. The Kier molecular flexibility index (Phi) is 4.40. The van der Waals surface area contributed by atoms with E-state index in [1.165, 1.54) is 4.80 Å². The van der Waals surface area contributed by atoms with Gasteiger partial charge in [-0.3, -0.25) is 4.79 Å². The van der Waals surface area contributed by atoms with Gasteiger partial charge >= 0.3 is 0 Å². The van der Waals surface area contributed by atoms with Crippen molar-refractivity contribution in [2.45, 2.75) is 45.1 Å². The second-order valence-corrected chi connectivity index (χ2v) is 7.02. The number of likely N-dealkylation sites (tertiary alicyclic amines) is 1. The fraction of sp³-hybridized carbons (Fsp3) is 0.500. The summed E-state index contributed by atoms with van der Waals surface area (Å²) < 4.78 is 5.40. The van der Waals surface area contributed by atoms with E-state index < -0.39 is 0 Å². The maximum absolute atomic E-state index is 12.6. The van der Waals surface area contributed by atoms with Crippen LogP contribution in [-0.4, -0.2) is 49.0 Å². The summed E-state index contributed by atoms with van der Waals surface area (Å²) in [5.41, 5.74) is 1.60. The first-order chi connectivity index (χ1) is 12.6. The molecule has 8 nitrogen and oxygen atoms in total. The van der Waals surface area contributed by atoms with Crippen LogP contribution in [-0.2, 0) is 11.3 Å². The summed E-state index contributed by atoms with van der Waals surface area (Å²) in [7, 11) is 0. The van der Waals surface area contributed by atoms with E-state index in [2.05, 4.69) is 20.3 Å². The number of piperidine rings is 1. The van der Waals surface area contributed by atoms with Crippen LogP contribution in [0.15, 0.2) is 28.8 Å². The van der Waals surface area contributed by atoms with Crippen LogP contribution in [0.25, 0.3) is 11.0 Å². The molecule has 1 amide bonds. The van der Waals surface area contributed by atoms with Gasteiger partial charge in [-0.15, -0.1) is 0 Å². The van der Waals surface area contributed by atoms with Crippen molar-refractivity contribution in [3.8, 4) is 0 Å². The van der Waals surface area contributed by atoms with E-state index >= 15 is 0 Å². The van der Waals surface area contributed by atoms with Crippen LogP contribution in [0.2, 0.25) is 0 Å². The van der Waals surface area contributed by atoms with Crippen LogP contribution >= 0.6 is 0 Å². The Morgan fingerprint density at radius 2 is 1.85 bits per heavy atom. The van der Waals surface area contributed by atoms with Crippen LogP contribution in [0.3, 0.4) is 0 Å². The normalized spacial score (nSPS) is 15.9. The maximum atomic E-state index is 12.6. The fourth-order valence-corrected chi connectivity index (χ4v) is 3.22. The number of fused-ring (bicyclic) bond motifs is 1. The van der Waals surface area contributed by atoms with Gasteiger partial charge in [0.1, 0.15) is 17.6 Å². The molecule has 0 spiro atoms. The lowest BCUT2D eigenvalue weighted by atomic mass is 9.96. The third kappa shape index (κ3) is 3.31. The van der Waals surface area contributed by atoms with Crippen LogP contribution in [0, 0.1) is 0 Å². The largest absolute Gasteiger partial charge is 0.341 e. The van der Waals surface area contributed by atoms with Gasteiger partial charge < -0.3 is 9.42 Å². The summed E-state index contributed by atoms with van der Waals surface area (Å²) in [6.45, 7) is 5.62. The molecule has 4 rings (SSSR count). The molecule has 1 saturated heterocycles. The predicted molar refractivity (Wildman–Crippen MR) is 94.5 cm³/mol. The Morgan fingerprint density at radius 1 is 1.19 bits per heavy atom. The van der Waals surface area contributed by atoms with Crippen molar-refractivity contribution in [1.29, 1.82) is 0 Å². The second kappa shape index (κ2) is 6.86. The molecule has 1 aromatic carbocycles. The smallest absolute Gasteiger partial charge is 0.246 e. The van der Waals surface area contributed by atoms with E-state index in [1.807, 2.05) is 43.0 Å². The minimum Gasteiger partial charge on any atom is -0.341 e. The van der Waals surface area contributed by atoms with Gasteiger partial charge in [0.05, 0.1) is 0 Å². The first-order valence-corrected chi connectivity index (χ1v) is 9.01. The molecule has 26 heavy (non-hydrogen) atoms. The first-order valence-electron chi connectivity index (χ1n) is 9.01. The van der Waals surface area contributed by atoms with E-state index in [-0.39, 0.29) is 24.3 Å². The van der Waals surface area contributed by atoms with Crippen molar-refractivity contribution in [1.82, 2.24) is 30.0 Å². The van der Waals surface area contributed by atoms with Crippen molar-refractivity contribution in [3.05, 3.63) is 36.0 Å². The minimum absolute atomic E-state index is 0.0390. The molecule has 0 unspecified atom stereocenters. The zero-order valence-corrected chi connectivity index (χ0v) is 15.0. The van der Waals surface area contributed by atoms with Gasteiger partial charge in [0.15, 0.2) is 5.82 Å². The zero-order valence-electron chi connectivity index (χ0n) is 15.0. The Bertz CT molecular complexity index is 874. The third-order valence-electron chi connectivity index (χ3n) is 4.78. The van der Waals surface area contributed by atoms with E-state index in [1.54, 1.807) is 0 Å². The number of amides is 1. The lowest BCUT2D eigenvalue weighted by molar-refractivity contribution is -0.133. The van der Waals surface area contributed by atoms with Gasteiger partial charge in [-0.25, -0.2) is 0 Å². The van der Waals surface area contributed by atoms with Gasteiger partial charge in [-0.2, -0.15) is 20.0 Å². The lowest BCUT2D eigenvalue weighted by Gasteiger charge is -2.30. The van der Waals surface area contributed by atoms with E-state index in [0.717, 1.165) is 29.7 Å². The van der Waals surface area contributed by atoms with Gasteiger partial charge in [0.2, 0.25) is 11.8 Å². The Morgan fingerprint density at radius 3 is 2.42 bits per heavy atom. The molecular weight excluding hydrogens is 332 g/mol. The average Bonchev–Trinajstić information content (AvgIpc) is 3.28. The number of aromatic nitrogens is 5. The number of hydrogen-bond acceptors (Lipinski definition) is 6. The molecule has 3 heterocycles. The van der Waals surface area contributed by atoms with E-state index in [0.29, 0.717) is 19.0 Å². The van der Waals surface area contributed by atoms with Crippen LogP contribution in [0.1, 0.15) is 50.2 Å². The van der Waals surface area contributed by atoms with Gasteiger partial charge in [-0.1, -0.05) is 31.1 Å². The summed E-state index contributed by atoms with van der Waals surface area (Å²) >= 11 is 0. The Balaban J connectivity index is 1.35. The molecule has 8 heteroatoms. The summed E-state index contributed by atoms with van der Waals surface area (Å²) in [6.07, 6.45) is 1.67. The molecule has 0 aliphatic carbocycles.